The van der Waals surface area contributed by atoms with Crippen molar-refractivity contribution < 1.29 is 29.8 Å². The summed E-state index contributed by atoms with van der Waals surface area (Å²) in [6.45, 7) is 6.28. The minimum absolute atomic E-state index is 0.101. The Hall–Kier alpha value is -0.950. The predicted octanol–water partition coefficient (Wildman–Crippen LogP) is 2.40. The first-order chi connectivity index (χ1) is 9.85. The van der Waals surface area contributed by atoms with Crippen LogP contribution >= 0.6 is 0 Å². The molecule has 5 atom stereocenters. The highest BCUT2D eigenvalue weighted by Crippen LogP contribution is 2.63. The molecule has 4 aliphatic rings. The van der Waals surface area contributed by atoms with Gasteiger partial charge in [-0.3, -0.25) is 5.26 Å². The lowest BCUT2D eigenvalue weighted by atomic mass is 9.65. The van der Waals surface area contributed by atoms with Gasteiger partial charge in [-0.15, -0.1) is 0 Å². The Balaban J connectivity index is 2.15. The quantitative estimate of drug-likeness (QED) is 0.615. The van der Waals surface area contributed by atoms with E-state index in [-0.39, 0.29) is 16.9 Å². The largest absolute Gasteiger partial charge is 0.478 e. The van der Waals surface area contributed by atoms with Crippen LogP contribution in [0.2, 0.25) is 0 Å². The molecule has 2 bridgehead atoms. The summed E-state index contributed by atoms with van der Waals surface area (Å²) in [4.78, 5) is 27.3. The van der Waals surface area contributed by atoms with Gasteiger partial charge in [0.1, 0.15) is 17.8 Å². The number of carbonyl (C=O) groups is 1. The van der Waals surface area contributed by atoms with E-state index >= 15 is 0 Å². The first kappa shape index (κ1) is 15.0. The molecule has 2 N–H and O–H groups in total. The van der Waals surface area contributed by atoms with Crippen molar-refractivity contribution in [2.24, 2.45) is 17.3 Å². The molecule has 21 heavy (non-hydrogen) atoms. The predicted molar refractivity (Wildman–Crippen MR) is 72.2 cm³/mol. The monoisotopic (exact) mass is 298 g/mol. The van der Waals surface area contributed by atoms with Gasteiger partial charge in [-0.2, -0.15) is 0 Å². The van der Waals surface area contributed by atoms with Gasteiger partial charge < -0.3 is 5.11 Å². The molecular weight excluding hydrogens is 276 g/mol. The van der Waals surface area contributed by atoms with Gasteiger partial charge in [-0.1, -0.05) is 20.8 Å². The van der Waals surface area contributed by atoms with Crippen LogP contribution in [0.1, 0.15) is 40.0 Å². The number of aliphatic carboxylic acids is 1. The second-order valence-corrected chi connectivity index (χ2v) is 7.07. The molecule has 2 fully saturated rings. The van der Waals surface area contributed by atoms with Gasteiger partial charge >= 0.3 is 5.97 Å². The molecule has 0 unspecified atom stereocenters. The number of carboxylic acids is 1. The SMILES string of the molecule is CC(C)[C@H]1CC[C@]2(C)C[C@@H]3OO[C@]12[C@@H](OO)C=C3C(=O)O. The lowest BCUT2D eigenvalue weighted by molar-refractivity contribution is -0.464. The van der Waals surface area contributed by atoms with Crippen LogP contribution in [0.5, 0.6) is 0 Å². The zero-order valence-electron chi connectivity index (χ0n) is 12.5. The fourth-order valence-corrected chi connectivity index (χ4v) is 4.64. The number of hydrogen-bond donors (Lipinski definition) is 2. The van der Waals surface area contributed by atoms with E-state index in [0.717, 1.165) is 12.8 Å². The highest BCUT2D eigenvalue weighted by Gasteiger charge is 2.69. The van der Waals surface area contributed by atoms with Gasteiger partial charge in [0.05, 0.1) is 5.57 Å². The van der Waals surface area contributed by atoms with Gasteiger partial charge in [-0.05, 0) is 37.2 Å². The Bertz CT molecular complexity index is 487. The second kappa shape index (κ2) is 4.78. The topological polar surface area (TPSA) is 85.2 Å². The third-order valence-corrected chi connectivity index (χ3v) is 5.71. The molecule has 1 saturated carbocycles. The molecule has 1 saturated heterocycles. The standard InChI is InChI=1S/C15H22O6/c1-8(2)10-4-5-14(3)7-11-9(13(16)17)6-12(19-18)15(10,14)21-20-11/h6,8,10-12,18H,4-5,7H2,1-3H3,(H,16,17)/t10-,11+,12+,14-,15+/m1/s1. The summed E-state index contributed by atoms with van der Waals surface area (Å²) in [5.41, 5.74) is -1.03. The van der Waals surface area contributed by atoms with Crippen molar-refractivity contribution >= 4 is 5.97 Å². The molecule has 0 amide bonds. The normalized spacial score (nSPS) is 45.4. The Morgan fingerprint density at radius 1 is 1.52 bits per heavy atom. The van der Waals surface area contributed by atoms with E-state index in [1.54, 1.807) is 0 Å². The van der Waals surface area contributed by atoms with Crippen LogP contribution in [0.25, 0.3) is 0 Å². The highest BCUT2D eigenvalue weighted by atomic mass is 17.2. The van der Waals surface area contributed by atoms with Crippen molar-refractivity contribution in [2.45, 2.75) is 57.8 Å². The third-order valence-electron chi connectivity index (χ3n) is 5.71. The summed E-state index contributed by atoms with van der Waals surface area (Å²) < 4.78 is 0. The maximum Gasteiger partial charge on any atom is 0.334 e. The second-order valence-electron chi connectivity index (χ2n) is 7.07. The Labute approximate surface area is 123 Å². The maximum absolute atomic E-state index is 11.5. The van der Waals surface area contributed by atoms with E-state index < -0.39 is 23.8 Å². The summed E-state index contributed by atoms with van der Waals surface area (Å²) in [7, 11) is 0. The number of carboxylic acid groups (broad SMARTS) is 1. The van der Waals surface area contributed by atoms with Crippen molar-refractivity contribution in [1.29, 1.82) is 0 Å². The molecule has 6 heteroatoms. The molecule has 1 spiro atoms. The van der Waals surface area contributed by atoms with Crippen molar-refractivity contribution in [1.82, 2.24) is 0 Å². The molecule has 118 valence electrons. The third kappa shape index (κ3) is 1.83. The van der Waals surface area contributed by atoms with Crippen LogP contribution in [0, 0.1) is 17.3 Å². The number of hydrogen-bond acceptors (Lipinski definition) is 5. The van der Waals surface area contributed by atoms with Gasteiger partial charge in [-0.25, -0.2) is 19.5 Å². The minimum Gasteiger partial charge on any atom is -0.478 e. The van der Waals surface area contributed by atoms with Crippen molar-refractivity contribution in [3.63, 3.8) is 0 Å². The van der Waals surface area contributed by atoms with E-state index in [1.807, 2.05) is 0 Å². The number of rotatable bonds is 3. The summed E-state index contributed by atoms with van der Waals surface area (Å²) in [5, 5.41) is 18.8. The lowest BCUT2D eigenvalue weighted by Crippen LogP contribution is -2.61. The average Bonchev–Trinajstić information content (AvgIpc) is 2.56. The van der Waals surface area contributed by atoms with E-state index in [4.69, 9.17) is 9.78 Å². The fourth-order valence-electron chi connectivity index (χ4n) is 4.64. The molecule has 0 aromatic heterocycles. The van der Waals surface area contributed by atoms with Crippen molar-refractivity contribution in [2.75, 3.05) is 0 Å². The highest BCUT2D eigenvalue weighted by molar-refractivity contribution is 5.88. The molecule has 0 radical (unpaired) electrons. The van der Waals surface area contributed by atoms with E-state index in [9.17, 15) is 15.2 Å². The van der Waals surface area contributed by atoms with Gasteiger partial charge in [0.15, 0.2) is 0 Å². The average molecular weight is 298 g/mol. The van der Waals surface area contributed by atoms with E-state index in [2.05, 4.69) is 25.7 Å². The summed E-state index contributed by atoms with van der Waals surface area (Å²) in [6.07, 6.45) is 2.42. The summed E-state index contributed by atoms with van der Waals surface area (Å²) >= 11 is 0. The zero-order chi connectivity index (χ0) is 15.4. The smallest absolute Gasteiger partial charge is 0.334 e. The van der Waals surface area contributed by atoms with Crippen molar-refractivity contribution in [3.8, 4) is 0 Å². The zero-order valence-corrected chi connectivity index (χ0v) is 12.5. The van der Waals surface area contributed by atoms with E-state index in [1.165, 1.54) is 6.08 Å². The van der Waals surface area contributed by atoms with Gasteiger partial charge in [0.25, 0.3) is 0 Å². The van der Waals surface area contributed by atoms with Crippen LogP contribution < -0.4 is 0 Å². The molecule has 0 aromatic rings. The minimum atomic E-state index is -1.06. The first-order valence-electron chi connectivity index (χ1n) is 7.45. The van der Waals surface area contributed by atoms with Gasteiger partial charge in [0, 0.05) is 5.41 Å². The fraction of sp³-hybridized carbons (Fsp3) is 0.800. The molecule has 0 aromatic carbocycles. The maximum atomic E-state index is 11.5. The van der Waals surface area contributed by atoms with Gasteiger partial charge in [0.2, 0.25) is 0 Å². The van der Waals surface area contributed by atoms with E-state index in [0.29, 0.717) is 12.3 Å². The lowest BCUT2D eigenvalue weighted by Gasteiger charge is -2.51. The first-order valence-corrected chi connectivity index (χ1v) is 7.45. The van der Waals surface area contributed by atoms with Crippen LogP contribution in [0.15, 0.2) is 11.6 Å². The number of fused-ring (bicyclic) bond motifs is 2. The molecule has 4 rings (SSSR count). The Morgan fingerprint density at radius 2 is 2.24 bits per heavy atom. The molecule has 2 aliphatic carbocycles. The molecular formula is C15H22O6. The Kier molecular flexibility index (Phi) is 3.40. The van der Waals surface area contributed by atoms with Crippen LogP contribution in [0.3, 0.4) is 0 Å². The summed E-state index contributed by atoms with van der Waals surface area (Å²) in [6, 6.07) is 0. The van der Waals surface area contributed by atoms with Crippen LogP contribution in [-0.4, -0.2) is 34.1 Å². The van der Waals surface area contributed by atoms with Crippen molar-refractivity contribution in [3.05, 3.63) is 11.6 Å². The van der Waals surface area contributed by atoms with Crippen LogP contribution in [0.4, 0.5) is 0 Å². The Morgan fingerprint density at radius 3 is 2.81 bits per heavy atom. The molecule has 2 heterocycles. The molecule has 6 nitrogen and oxygen atoms in total. The molecule has 2 aliphatic heterocycles. The van der Waals surface area contributed by atoms with Crippen LogP contribution in [-0.2, 0) is 19.5 Å². The summed E-state index contributed by atoms with van der Waals surface area (Å²) in [5.74, 6) is -0.623.